The third-order valence-electron chi connectivity index (χ3n) is 7.97. The van der Waals surface area contributed by atoms with Crippen molar-refractivity contribution in [2.24, 2.45) is 5.92 Å². The maximum atomic E-state index is 13.9. The van der Waals surface area contributed by atoms with Gasteiger partial charge in [-0.2, -0.15) is 18.3 Å². The minimum atomic E-state index is -4.79. The molecule has 266 valence electrons. The molecular weight excluding hydrogens is 647 g/mol. The fourth-order valence-corrected chi connectivity index (χ4v) is 5.31. The molecule has 9 nitrogen and oxygen atoms in total. The molecule has 50 heavy (non-hydrogen) atoms. The van der Waals surface area contributed by atoms with E-state index in [0.717, 1.165) is 47.0 Å². The second-order valence-corrected chi connectivity index (χ2v) is 13.5. The Morgan fingerprint density at radius 1 is 0.960 bits per heavy atom. The van der Waals surface area contributed by atoms with Gasteiger partial charge in [-0.15, -0.1) is 0 Å². The molecule has 1 saturated carbocycles. The van der Waals surface area contributed by atoms with Gasteiger partial charge in [0, 0.05) is 18.3 Å². The number of hydrogen-bond donors (Lipinski definition) is 3. The first-order chi connectivity index (χ1) is 23.8. The van der Waals surface area contributed by atoms with Gasteiger partial charge in [-0.1, -0.05) is 49.7 Å². The number of carbonyl (C=O) groups is 2. The average Bonchev–Trinajstić information content (AvgIpc) is 3.77. The number of carbonyl (C=O) groups excluding carboxylic acids is 2. The highest BCUT2D eigenvalue weighted by atomic mass is 19.4. The van der Waals surface area contributed by atoms with Gasteiger partial charge in [0.15, 0.2) is 5.69 Å². The SMILES string of the molecule is CCCCOc1cccc(C(NCC2CC2)c2cccc(NC(=O)c3cc(C(F)(F)F)nn3-c3cccc(CNC(=O)OC(C)(C)C)c3)c2)c1. The lowest BCUT2D eigenvalue weighted by atomic mass is 9.97. The minimum absolute atomic E-state index is 0.0498. The van der Waals surface area contributed by atoms with E-state index in [-0.39, 0.29) is 24.0 Å². The summed E-state index contributed by atoms with van der Waals surface area (Å²) in [5.41, 5.74) is 0.867. The van der Waals surface area contributed by atoms with E-state index in [1.807, 2.05) is 36.4 Å². The van der Waals surface area contributed by atoms with Crippen molar-refractivity contribution >= 4 is 17.7 Å². The summed E-state index contributed by atoms with van der Waals surface area (Å²) in [6.45, 7) is 8.82. The van der Waals surface area contributed by atoms with Gasteiger partial charge in [-0.25, -0.2) is 9.48 Å². The highest BCUT2D eigenvalue weighted by molar-refractivity contribution is 6.03. The van der Waals surface area contributed by atoms with Gasteiger partial charge in [0.2, 0.25) is 0 Å². The van der Waals surface area contributed by atoms with E-state index in [0.29, 0.717) is 23.8 Å². The fraction of sp³-hybridized carbons (Fsp3) is 0.395. The zero-order chi connectivity index (χ0) is 35.9. The maximum absolute atomic E-state index is 13.9. The van der Waals surface area contributed by atoms with E-state index in [1.54, 1.807) is 51.1 Å². The van der Waals surface area contributed by atoms with Crippen molar-refractivity contribution in [2.75, 3.05) is 18.5 Å². The quantitative estimate of drug-likeness (QED) is 0.115. The number of nitrogens with zero attached hydrogens (tertiary/aromatic N) is 2. The minimum Gasteiger partial charge on any atom is -0.494 e. The molecule has 0 bridgehead atoms. The summed E-state index contributed by atoms with van der Waals surface area (Å²) in [6.07, 6.45) is -1.09. The number of benzene rings is 3. The first kappa shape index (κ1) is 36.4. The molecule has 1 aliphatic rings. The molecule has 1 aromatic heterocycles. The monoisotopic (exact) mass is 691 g/mol. The molecule has 3 N–H and O–H groups in total. The fourth-order valence-electron chi connectivity index (χ4n) is 5.31. The van der Waals surface area contributed by atoms with Crippen LogP contribution >= 0.6 is 0 Å². The van der Waals surface area contributed by atoms with Crippen LogP contribution < -0.4 is 20.7 Å². The molecule has 2 amide bonds. The van der Waals surface area contributed by atoms with Crippen molar-refractivity contribution in [3.63, 3.8) is 0 Å². The van der Waals surface area contributed by atoms with E-state index in [9.17, 15) is 22.8 Å². The number of unbranched alkanes of at least 4 members (excludes halogenated alkanes) is 1. The zero-order valence-electron chi connectivity index (χ0n) is 28.8. The third-order valence-corrected chi connectivity index (χ3v) is 7.97. The Morgan fingerprint density at radius 2 is 1.68 bits per heavy atom. The molecule has 0 saturated heterocycles. The molecule has 1 heterocycles. The van der Waals surface area contributed by atoms with E-state index in [2.05, 4.69) is 28.0 Å². The summed E-state index contributed by atoms with van der Waals surface area (Å²) in [7, 11) is 0. The normalized spacial score (nSPS) is 13.8. The number of alkyl carbamates (subject to hydrolysis) is 1. The molecule has 0 aliphatic heterocycles. The summed E-state index contributed by atoms with van der Waals surface area (Å²) < 4.78 is 53.8. The van der Waals surface area contributed by atoms with Gasteiger partial charge in [0.25, 0.3) is 5.91 Å². The molecular formula is C38H44F3N5O4. The Labute approximate surface area is 290 Å². The van der Waals surface area contributed by atoms with Crippen molar-refractivity contribution in [3.05, 3.63) is 107 Å². The molecule has 1 unspecified atom stereocenters. The predicted molar refractivity (Wildman–Crippen MR) is 185 cm³/mol. The van der Waals surface area contributed by atoms with E-state index in [1.165, 1.54) is 18.9 Å². The van der Waals surface area contributed by atoms with Crippen molar-refractivity contribution in [1.82, 2.24) is 20.4 Å². The standard InChI is InChI=1S/C38H44F3N5O4/c1-5-6-18-49-31-15-9-12-28(21-31)34(42-23-25-16-17-25)27-11-8-13-29(20-27)44-35(47)32-22-33(38(39,40)41)45-46(32)30-14-7-10-26(19-30)24-43-36(48)50-37(2,3)4/h7-15,19-22,25,34,42H,5-6,16-18,23-24H2,1-4H3,(H,43,48)(H,44,47). The summed E-state index contributed by atoms with van der Waals surface area (Å²) in [5.74, 6) is 0.618. The Kier molecular flexibility index (Phi) is 11.5. The van der Waals surface area contributed by atoms with Crippen LogP contribution in [0.5, 0.6) is 5.75 Å². The second-order valence-electron chi connectivity index (χ2n) is 13.5. The summed E-state index contributed by atoms with van der Waals surface area (Å²) in [5, 5.41) is 12.8. The number of alkyl halides is 3. The molecule has 4 aromatic rings. The lowest BCUT2D eigenvalue weighted by Gasteiger charge is -2.21. The topological polar surface area (TPSA) is 107 Å². The predicted octanol–water partition coefficient (Wildman–Crippen LogP) is 8.44. The largest absolute Gasteiger partial charge is 0.494 e. The first-order valence-electron chi connectivity index (χ1n) is 16.9. The van der Waals surface area contributed by atoms with Crippen molar-refractivity contribution in [2.45, 2.75) is 77.7 Å². The highest BCUT2D eigenvalue weighted by Gasteiger charge is 2.36. The van der Waals surface area contributed by atoms with Crippen LogP contribution in [0.25, 0.3) is 5.69 Å². The van der Waals surface area contributed by atoms with Gasteiger partial charge in [0.05, 0.1) is 18.3 Å². The Bertz CT molecular complexity index is 1780. The molecule has 1 aliphatic carbocycles. The van der Waals surface area contributed by atoms with E-state index < -0.39 is 29.5 Å². The van der Waals surface area contributed by atoms with Crippen LogP contribution in [0.15, 0.2) is 78.9 Å². The second kappa shape index (κ2) is 15.8. The number of ether oxygens (including phenoxy) is 2. The Hall–Kier alpha value is -4.84. The maximum Gasteiger partial charge on any atom is 0.435 e. The molecule has 0 radical (unpaired) electrons. The van der Waals surface area contributed by atoms with E-state index in [4.69, 9.17) is 9.47 Å². The molecule has 12 heteroatoms. The summed E-state index contributed by atoms with van der Waals surface area (Å²) in [4.78, 5) is 25.8. The first-order valence-corrected chi connectivity index (χ1v) is 16.9. The van der Waals surface area contributed by atoms with Crippen LogP contribution in [-0.2, 0) is 17.5 Å². The van der Waals surface area contributed by atoms with Crippen LogP contribution in [0.2, 0.25) is 0 Å². The van der Waals surface area contributed by atoms with E-state index >= 15 is 0 Å². The van der Waals surface area contributed by atoms with Crippen LogP contribution in [0.4, 0.5) is 23.7 Å². The van der Waals surface area contributed by atoms with Crippen LogP contribution in [0.3, 0.4) is 0 Å². The number of hydrogen-bond acceptors (Lipinski definition) is 6. The van der Waals surface area contributed by atoms with Gasteiger partial charge in [0.1, 0.15) is 17.0 Å². The van der Waals surface area contributed by atoms with Crippen molar-refractivity contribution in [3.8, 4) is 11.4 Å². The number of nitrogens with one attached hydrogen (secondary N) is 3. The van der Waals surface area contributed by atoms with Crippen LogP contribution in [0, 0.1) is 5.92 Å². The number of rotatable bonds is 14. The number of amides is 2. The number of aromatic nitrogens is 2. The Balaban J connectivity index is 1.39. The molecule has 0 spiro atoms. The van der Waals surface area contributed by atoms with Gasteiger partial charge in [-0.3, -0.25) is 4.79 Å². The Morgan fingerprint density at radius 3 is 2.38 bits per heavy atom. The van der Waals surface area contributed by atoms with Gasteiger partial charge >= 0.3 is 12.3 Å². The molecule has 3 aromatic carbocycles. The smallest absolute Gasteiger partial charge is 0.435 e. The summed E-state index contributed by atoms with van der Waals surface area (Å²) >= 11 is 0. The average molecular weight is 692 g/mol. The molecule has 1 atom stereocenters. The van der Waals surface area contributed by atoms with Crippen molar-refractivity contribution < 1.29 is 32.2 Å². The van der Waals surface area contributed by atoms with Crippen LogP contribution in [-0.4, -0.2) is 40.5 Å². The van der Waals surface area contributed by atoms with Gasteiger partial charge < -0.3 is 25.4 Å². The summed E-state index contributed by atoms with van der Waals surface area (Å²) in [6, 6.07) is 22.1. The lowest BCUT2D eigenvalue weighted by Crippen LogP contribution is -2.32. The highest BCUT2D eigenvalue weighted by Crippen LogP contribution is 2.33. The van der Waals surface area contributed by atoms with Crippen LogP contribution in [0.1, 0.15) is 92.3 Å². The number of anilines is 1. The molecule has 5 rings (SSSR count). The van der Waals surface area contributed by atoms with Gasteiger partial charge in [-0.05, 0) is 106 Å². The van der Waals surface area contributed by atoms with Crippen molar-refractivity contribution in [1.29, 1.82) is 0 Å². The lowest BCUT2D eigenvalue weighted by molar-refractivity contribution is -0.141. The molecule has 1 fully saturated rings. The number of halogens is 3. The zero-order valence-corrected chi connectivity index (χ0v) is 28.8. The third kappa shape index (κ3) is 10.3.